The van der Waals surface area contributed by atoms with Gasteiger partial charge in [-0.15, -0.1) is 0 Å². The third-order valence-corrected chi connectivity index (χ3v) is 4.72. The summed E-state index contributed by atoms with van der Waals surface area (Å²) in [7, 11) is 0. The SMILES string of the molecule is N#Cc1ccc(N2CCC(F)(c3nc(C4CCC4)no3)C2)nc1. The number of nitrogens with zero attached hydrogens (tertiary/aromatic N) is 5. The molecular weight excluding hydrogens is 297 g/mol. The molecule has 2 fully saturated rings. The number of alkyl halides is 1. The lowest BCUT2D eigenvalue weighted by atomic mass is 9.85. The average molecular weight is 313 g/mol. The predicted octanol–water partition coefficient (Wildman–Crippen LogP) is 2.68. The van der Waals surface area contributed by atoms with Crippen LogP contribution in [-0.4, -0.2) is 28.2 Å². The van der Waals surface area contributed by atoms with Crippen molar-refractivity contribution in [1.82, 2.24) is 15.1 Å². The molecule has 0 bridgehead atoms. The summed E-state index contributed by atoms with van der Waals surface area (Å²) in [5.74, 6) is 1.70. The van der Waals surface area contributed by atoms with Gasteiger partial charge in [-0.3, -0.25) is 0 Å². The summed E-state index contributed by atoms with van der Waals surface area (Å²) in [4.78, 5) is 10.4. The lowest BCUT2D eigenvalue weighted by Crippen LogP contribution is -2.28. The van der Waals surface area contributed by atoms with E-state index in [9.17, 15) is 0 Å². The summed E-state index contributed by atoms with van der Waals surface area (Å²) < 4.78 is 20.4. The summed E-state index contributed by atoms with van der Waals surface area (Å²) >= 11 is 0. The molecule has 1 aliphatic heterocycles. The monoisotopic (exact) mass is 313 g/mol. The first-order valence-electron chi connectivity index (χ1n) is 7.82. The summed E-state index contributed by atoms with van der Waals surface area (Å²) in [5, 5.41) is 12.8. The Morgan fingerprint density at radius 2 is 2.26 bits per heavy atom. The summed E-state index contributed by atoms with van der Waals surface area (Å²) in [6.45, 7) is 0.661. The number of nitriles is 1. The van der Waals surface area contributed by atoms with Crippen LogP contribution in [0, 0.1) is 11.3 Å². The third-order valence-electron chi connectivity index (χ3n) is 4.72. The number of hydrogen-bond donors (Lipinski definition) is 0. The highest BCUT2D eigenvalue weighted by Crippen LogP contribution is 2.39. The normalized spacial score (nSPS) is 24.4. The topological polar surface area (TPSA) is 78.8 Å². The van der Waals surface area contributed by atoms with Gasteiger partial charge in [0.05, 0.1) is 12.1 Å². The zero-order valence-electron chi connectivity index (χ0n) is 12.6. The van der Waals surface area contributed by atoms with Crippen LogP contribution in [0.25, 0.3) is 0 Å². The number of pyridine rings is 1. The molecule has 1 unspecified atom stereocenters. The first-order valence-corrected chi connectivity index (χ1v) is 7.82. The molecule has 2 aromatic rings. The molecule has 0 spiro atoms. The molecule has 0 amide bonds. The van der Waals surface area contributed by atoms with Crippen molar-refractivity contribution in [3.8, 4) is 6.07 Å². The van der Waals surface area contributed by atoms with Crippen molar-refractivity contribution < 1.29 is 8.91 Å². The number of rotatable bonds is 3. The van der Waals surface area contributed by atoms with E-state index in [2.05, 4.69) is 15.1 Å². The molecule has 1 atom stereocenters. The fourth-order valence-electron chi connectivity index (χ4n) is 3.03. The van der Waals surface area contributed by atoms with Crippen molar-refractivity contribution in [2.45, 2.75) is 37.3 Å². The van der Waals surface area contributed by atoms with Crippen molar-refractivity contribution in [1.29, 1.82) is 5.26 Å². The lowest BCUT2D eigenvalue weighted by Gasteiger charge is -2.21. The molecule has 2 aliphatic rings. The highest BCUT2D eigenvalue weighted by molar-refractivity contribution is 5.44. The maximum absolute atomic E-state index is 15.2. The fraction of sp³-hybridized carbons (Fsp3) is 0.500. The van der Waals surface area contributed by atoms with Crippen molar-refractivity contribution >= 4 is 5.82 Å². The van der Waals surface area contributed by atoms with Crippen LogP contribution >= 0.6 is 0 Å². The van der Waals surface area contributed by atoms with Gasteiger partial charge in [0.1, 0.15) is 11.9 Å². The second-order valence-electron chi connectivity index (χ2n) is 6.24. The Labute approximate surface area is 132 Å². The van der Waals surface area contributed by atoms with Crippen molar-refractivity contribution in [3.63, 3.8) is 0 Å². The van der Waals surface area contributed by atoms with Crippen LogP contribution in [0.1, 0.15) is 48.9 Å². The summed E-state index contributed by atoms with van der Waals surface area (Å²) in [5.41, 5.74) is -1.15. The smallest absolute Gasteiger partial charge is 0.266 e. The predicted molar refractivity (Wildman–Crippen MR) is 79.5 cm³/mol. The maximum atomic E-state index is 15.2. The largest absolute Gasteiger partial charge is 0.353 e. The van der Waals surface area contributed by atoms with Gasteiger partial charge < -0.3 is 9.42 Å². The molecule has 0 aromatic carbocycles. The van der Waals surface area contributed by atoms with E-state index in [1.54, 1.807) is 12.1 Å². The van der Waals surface area contributed by atoms with Gasteiger partial charge in [-0.05, 0) is 25.0 Å². The van der Waals surface area contributed by atoms with Gasteiger partial charge in [0.25, 0.3) is 5.89 Å². The Morgan fingerprint density at radius 1 is 1.39 bits per heavy atom. The maximum Gasteiger partial charge on any atom is 0.266 e. The molecule has 1 saturated heterocycles. The van der Waals surface area contributed by atoms with Crippen LogP contribution in [0.3, 0.4) is 0 Å². The van der Waals surface area contributed by atoms with Crippen molar-refractivity contribution in [2.75, 3.05) is 18.0 Å². The fourth-order valence-corrected chi connectivity index (χ4v) is 3.03. The van der Waals surface area contributed by atoms with Crippen LogP contribution in [-0.2, 0) is 5.67 Å². The standard InChI is InChI=1S/C16H16FN5O/c17-16(15-20-14(21-23-15)12-2-1-3-12)6-7-22(10-16)13-5-4-11(8-18)9-19-13/h4-5,9,12H,1-3,6-7,10H2. The van der Waals surface area contributed by atoms with Crippen LogP contribution in [0.2, 0.25) is 0 Å². The first kappa shape index (κ1) is 14.1. The molecule has 118 valence electrons. The van der Waals surface area contributed by atoms with Gasteiger partial charge in [-0.2, -0.15) is 10.2 Å². The second kappa shape index (κ2) is 5.30. The third kappa shape index (κ3) is 2.44. The zero-order valence-corrected chi connectivity index (χ0v) is 12.6. The summed E-state index contributed by atoms with van der Waals surface area (Å²) in [6.07, 6.45) is 5.07. The van der Waals surface area contributed by atoms with E-state index in [1.165, 1.54) is 12.6 Å². The lowest BCUT2D eigenvalue weighted by molar-refractivity contribution is 0.135. The van der Waals surface area contributed by atoms with E-state index >= 15 is 4.39 Å². The molecule has 7 heteroatoms. The van der Waals surface area contributed by atoms with E-state index in [-0.39, 0.29) is 12.4 Å². The van der Waals surface area contributed by atoms with Crippen LogP contribution in [0.5, 0.6) is 0 Å². The van der Waals surface area contributed by atoms with Gasteiger partial charge in [0.15, 0.2) is 5.82 Å². The first-order chi connectivity index (χ1) is 11.2. The second-order valence-corrected chi connectivity index (χ2v) is 6.24. The molecule has 1 saturated carbocycles. The van der Waals surface area contributed by atoms with Crippen LogP contribution in [0.4, 0.5) is 10.2 Å². The number of halogens is 1. The minimum absolute atomic E-state index is 0.0792. The molecule has 0 radical (unpaired) electrons. The Kier molecular flexibility index (Phi) is 3.26. The molecule has 23 heavy (non-hydrogen) atoms. The van der Waals surface area contributed by atoms with Gasteiger partial charge in [-0.1, -0.05) is 11.6 Å². The number of anilines is 1. The van der Waals surface area contributed by atoms with Crippen LogP contribution in [0.15, 0.2) is 22.9 Å². The Hall–Kier alpha value is -2.49. The molecule has 1 aliphatic carbocycles. The van der Waals surface area contributed by atoms with E-state index in [4.69, 9.17) is 9.78 Å². The average Bonchev–Trinajstić information content (AvgIpc) is 3.14. The van der Waals surface area contributed by atoms with Crippen molar-refractivity contribution in [3.05, 3.63) is 35.6 Å². The molecule has 0 N–H and O–H groups in total. The zero-order chi connectivity index (χ0) is 15.9. The van der Waals surface area contributed by atoms with E-state index in [0.717, 1.165) is 12.8 Å². The van der Waals surface area contributed by atoms with E-state index in [1.807, 2.05) is 11.0 Å². The molecule has 3 heterocycles. The van der Waals surface area contributed by atoms with E-state index < -0.39 is 5.67 Å². The highest BCUT2D eigenvalue weighted by atomic mass is 19.1. The van der Waals surface area contributed by atoms with Gasteiger partial charge >= 0.3 is 0 Å². The molecule has 2 aromatic heterocycles. The molecule has 4 rings (SSSR count). The van der Waals surface area contributed by atoms with Gasteiger partial charge in [0, 0.05) is 25.1 Å². The molecule has 6 nitrogen and oxygen atoms in total. The Balaban J connectivity index is 1.51. The van der Waals surface area contributed by atoms with Gasteiger partial charge in [0.2, 0.25) is 5.67 Å². The quantitative estimate of drug-likeness (QED) is 0.867. The Morgan fingerprint density at radius 3 is 2.91 bits per heavy atom. The van der Waals surface area contributed by atoms with E-state index in [0.29, 0.717) is 36.1 Å². The number of aromatic nitrogens is 3. The van der Waals surface area contributed by atoms with Crippen LogP contribution < -0.4 is 4.90 Å². The Bertz CT molecular complexity index is 749. The minimum atomic E-state index is -1.63. The van der Waals surface area contributed by atoms with Crippen molar-refractivity contribution in [2.24, 2.45) is 0 Å². The summed E-state index contributed by atoms with van der Waals surface area (Å²) in [6, 6.07) is 5.44. The molecular formula is C16H16FN5O. The number of hydrogen-bond acceptors (Lipinski definition) is 6. The van der Waals surface area contributed by atoms with Gasteiger partial charge in [-0.25, -0.2) is 9.37 Å². The minimum Gasteiger partial charge on any atom is -0.353 e. The highest BCUT2D eigenvalue weighted by Gasteiger charge is 2.46.